The lowest BCUT2D eigenvalue weighted by molar-refractivity contribution is 0.0780. The quantitative estimate of drug-likeness (QED) is 0.779. The molecule has 2 atom stereocenters. The minimum atomic E-state index is -0.468. The Bertz CT molecular complexity index is 439. The van der Waals surface area contributed by atoms with Gasteiger partial charge in [0.2, 0.25) is 0 Å². The monoisotopic (exact) mass is 299 g/mol. The van der Waals surface area contributed by atoms with Gasteiger partial charge in [0.1, 0.15) is 5.82 Å². The van der Waals surface area contributed by atoms with Gasteiger partial charge in [0, 0.05) is 13.1 Å². The van der Waals surface area contributed by atoms with E-state index in [1.807, 2.05) is 0 Å². The lowest BCUT2D eigenvalue weighted by Gasteiger charge is -2.16. The first-order valence-electron chi connectivity index (χ1n) is 5.74. The molecule has 0 saturated carbocycles. The van der Waals surface area contributed by atoms with Crippen LogP contribution < -0.4 is 0 Å². The summed E-state index contributed by atoms with van der Waals surface area (Å²) < 4.78 is 14.1. The van der Waals surface area contributed by atoms with Gasteiger partial charge in [0.15, 0.2) is 0 Å². The third-order valence-electron chi connectivity index (χ3n) is 3.46. The number of likely N-dealkylation sites (tertiary alicyclic amines) is 1. The van der Waals surface area contributed by atoms with Crippen molar-refractivity contribution < 1.29 is 9.18 Å². The predicted molar refractivity (Wildman–Crippen MR) is 68.3 cm³/mol. The van der Waals surface area contributed by atoms with E-state index < -0.39 is 5.82 Å². The highest BCUT2D eigenvalue weighted by atomic mass is 79.9. The standard InChI is InChI=1S/C13H15BrFNO/c1-8-6-16(7-9(8)2)13(17)10-4-3-5-11(14)12(10)15/h3-5,8-9H,6-7H2,1-2H3. The van der Waals surface area contributed by atoms with Crippen molar-refractivity contribution in [2.45, 2.75) is 13.8 Å². The zero-order valence-corrected chi connectivity index (χ0v) is 11.5. The van der Waals surface area contributed by atoms with Gasteiger partial charge in [0.05, 0.1) is 10.0 Å². The van der Waals surface area contributed by atoms with E-state index in [1.165, 1.54) is 6.07 Å². The Labute approximate surface area is 109 Å². The Morgan fingerprint density at radius 3 is 2.53 bits per heavy atom. The number of carbonyl (C=O) groups is 1. The fourth-order valence-electron chi connectivity index (χ4n) is 2.13. The van der Waals surface area contributed by atoms with Crippen LogP contribution in [-0.2, 0) is 0 Å². The Kier molecular flexibility index (Phi) is 3.52. The number of nitrogens with zero attached hydrogens (tertiary/aromatic N) is 1. The molecule has 0 spiro atoms. The van der Waals surface area contributed by atoms with Crippen molar-refractivity contribution >= 4 is 21.8 Å². The second-order valence-electron chi connectivity index (χ2n) is 4.77. The summed E-state index contributed by atoms with van der Waals surface area (Å²) in [6, 6.07) is 4.82. The van der Waals surface area contributed by atoms with Crippen molar-refractivity contribution in [1.29, 1.82) is 0 Å². The first-order chi connectivity index (χ1) is 8.00. The number of hydrogen-bond donors (Lipinski definition) is 0. The molecule has 0 aromatic heterocycles. The highest BCUT2D eigenvalue weighted by Crippen LogP contribution is 2.26. The van der Waals surface area contributed by atoms with Crippen LogP contribution in [-0.4, -0.2) is 23.9 Å². The van der Waals surface area contributed by atoms with Crippen molar-refractivity contribution in [1.82, 2.24) is 4.90 Å². The van der Waals surface area contributed by atoms with Gasteiger partial charge in [-0.1, -0.05) is 19.9 Å². The summed E-state index contributed by atoms with van der Waals surface area (Å²) in [5.74, 6) is 0.285. The summed E-state index contributed by atoms with van der Waals surface area (Å²) in [6.45, 7) is 5.67. The second kappa shape index (κ2) is 4.77. The van der Waals surface area contributed by atoms with E-state index in [9.17, 15) is 9.18 Å². The molecule has 0 bridgehead atoms. The van der Waals surface area contributed by atoms with Crippen molar-refractivity contribution in [3.8, 4) is 0 Å². The van der Waals surface area contributed by atoms with E-state index in [0.29, 0.717) is 29.4 Å². The van der Waals surface area contributed by atoms with Crippen LogP contribution >= 0.6 is 15.9 Å². The zero-order valence-electron chi connectivity index (χ0n) is 9.91. The molecule has 17 heavy (non-hydrogen) atoms. The Hall–Kier alpha value is -0.900. The molecule has 2 nitrogen and oxygen atoms in total. The molecule has 1 aliphatic rings. The second-order valence-corrected chi connectivity index (χ2v) is 5.62. The number of carbonyl (C=O) groups excluding carboxylic acids is 1. The zero-order chi connectivity index (χ0) is 12.6. The highest BCUT2D eigenvalue weighted by molar-refractivity contribution is 9.10. The van der Waals surface area contributed by atoms with Gasteiger partial charge in [-0.15, -0.1) is 0 Å². The first kappa shape index (κ1) is 12.6. The summed E-state index contributed by atoms with van der Waals surface area (Å²) in [6.07, 6.45) is 0. The number of amides is 1. The maximum absolute atomic E-state index is 13.8. The van der Waals surface area contributed by atoms with Gasteiger partial charge < -0.3 is 4.90 Å². The topological polar surface area (TPSA) is 20.3 Å². The van der Waals surface area contributed by atoms with Crippen LogP contribution in [0.1, 0.15) is 24.2 Å². The molecule has 92 valence electrons. The van der Waals surface area contributed by atoms with Crippen molar-refractivity contribution in [3.05, 3.63) is 34.1 Å². The molecule has 0 radical (unpaired) electrons. The predicted octanol–water partition coefficient (Wildman–Crippen LogP) is 3.32. The van der Waals surface area contributed by atoms with E-state index >= 15 is 0 Å². The van der Waals surface area contributed by atoms with Gasteiger partial charge in [-0.3, -0.25) is 4.79 Å². The molecule has 1 heterocycles. The van der Waals surface area contributed by atoms with Crippen LogP contribution in [0.3, 0.4) is 0 Å². The normalized spacial score (nSPS) is 24.1. The summed E-state index contributed by atoms with van der Waals surface area (Å²) >= 11 is 3.10. The Morgan fingerprint density at radius 1 is 1.35 bits per heavy atom. The van der Waals surface area contributed by atoms with Gasteiger partial charge in [-0.2, -0.15) is 0 Å². The van der Waals surface area contributed by atoms with E-state index in [0.717, 1.165) is 0 Å². The minimum absolute atomic E-state index is 0.153. The van der Waals surface area contributed by atoms with Crippen LogP contribution in [0.15, 0.2) is 22.7 Å². The molecule has 0 N–H and O–H groups in total. The summed E-state index contributed by atoms with van der Waals surface area (Å²) in [5, 5.41) is 0. The van der Waals surface area contributed by atoms with Crippen molar-refractivity contribution in [3.63, 3.8) is 0 Å². The molecule has 0 aliphatic carbocycles. The average Bonchev–Trinajstić information content (AvgIpc) is 2.62. The fourth-order valence-corrected chi connectivity index (χ4v) is 2.50. The Balaban J connectivity index is 2.24. The molecule has 1 saturated heterocycles. The van der Waals surface area contributed by atoms with Crippen LogP contribution in [0.2, 0.25) is 0 Å². The molecule has 1 fully saturated rings. The van der Waals surface area contributed by atoms with Gasteiger partial charge >= 0.3 is 0 Å². The largest absolute Gasteiger partial charge is 0.338 e. The summed E-state index contributed by atoms with van der Waals surface area (Å²) in [4.78, 5) is 13.9. The molecular formula is C13H15BrFNO. The van der Waals surface area contributed by atoms with Gasteiger partial charge in [-0.05, 0) is 39.9 Å². The van der Waals surface area contributed by atoms with Crippen molar-refractivity contribution in [2.75, 3.05) is 13.1 Å². The molecule has 2 unspecified atom stereocenters. The maximum atomic E-state index is 13.8. The number of hydrogen-bond acceptors (Lipinski definition) is 1. The first-order valence-corrected chi connectivity index (χ1v) is 6.53. The molecule has 1 amide bonds. The SMILES string of the molecule is CC1CN(C(=O)c2cccc(Br)c2F)CC1C. The van der Waals surface area contributed by atoms with Crippen molar-refractivity contribution in [2.24, 2.45) is 11.8 Å². The molecule has 2 rings (SSSR count). The molecule has 1 aliphatic heterocycles. The minimum Gasteiger partial charge on any atom is -0.338 e. The smallest absolute Gasteiger partial charge is 0.256 e. The summed E-state index contributed by atoms with van der Waals surface area (Å²) in [7, 11) is 0. The van der Waals surface area contributed by atoms with Gasteiger partial charge in [-0.25, -0.2) is 4.39 Å². The molecule has 4 heteroatoms. The third-order valence-corrected chi connectivity index (χ3v) is 4.07. The maximum Gasteiger partial charge on any atom is 0.256 e. The number of benzene rings is 1. The van der Waals surface area contributed by atoms with Crippen LogP contribution in [0, 0.1) is 17.7 Å². The summed E-state index contributed by atoms with van der Waals surface area (Å²) in [5.41, 5.74) is 0.153. The Morgan fingerprint density at radius 2 is 1.94 bits per heavy atom. The van der Waals surface area contributed by atoms with E-state index in [1.54, 1.807) is 17.0 Å². The number of rotatable bonds is 1. The number of halogens is 2. The highest BCUT2D eigenvalue weighted by Gasteiger charge is 2.31. The molecule has 1 aromatic carbocycles. The lowest BCUT2D eigenvalue weighted by atomic mass is 10.0. The van der Waals surface area contributed by atoms with E-state index in [2.05, 4.69) is 29.8 Å². The van der Waals surface area contributed by atoms with E-state index in [-0.39, 0.29) is 11.5 Å². The lowest BCUT2D eigenvalue weighted by Crippen LogP contribution is -2.29. The van der Waals surface area contributed by atoms with E-state index in [4.69, 9.17) is 0 Å². The average molecular weight is 300 g/mol. The van der Waals surface area contributed by atoms with Crippen LogP contribution in [0.4, 0.5) is 4.39 Å². The van der Waals surface area contributed by atoms with Crippen LogP contribution in [0.25, 0.3) is 0 Å². The van der Waals surface area contributed by atoms with Crippen LogP contribution in [0.5, 0.6) is 0 Å². The van der Waals surface area contributed by atoms with Gasteiger partial charge in [0.25, 0.3) is 5.91 Å². The molecule has 1 aromatic rings. The fraction of sp³-hybridized carbons (Fsp3) is 0.462. The third kappa shape index (κ3) is 2.37. The molecular weight excluding hydrogens is 285 g/mol.